The van der Waals surface area contributed by atoms with E-state index in [0.29, 0.717) is 36.7 Å². The molecule has 3 aromatic heterocycles. The zero-order chi connectivity index (χ0) is 27.2. The van der Waals surface area contributed by atoms with Gasteiger partial charge < -0.3 is 20.3 Å². The summed E-state index contributed by atoms with van der Waals surface area (Å²) in [7, 11) is 0. The normalized spacial score (nSPS) is 22.4. The number of amides is 1. The molecular formula is C29H32N8O2S. The number of nitrogens with one attached hydrogen (secondary N) is 2. The van der Waals surface area contributed by atoms with Crippen LogP contribution in [-0.2, 0) is 4.74 Å². The van der Waals surface area contributed by atoms with Gasteiger partial charge in [0.2, 0.25) is 5.95 Å². The van der Waals surface area contributed by atoms with Crippen molar-refractivity contribution in [1.82, 2.24) is 30.2 Å². The molecule has 3 aliphatic heterocycles. The van der Waals surface area contributed by atoms with E-state index in [4.69, 9.17) is 19.7 Å². The van der Waals surface area contributed by atoms with Crippen molar-refractivity contribution in [1.29, 1.82) is 0 Å². The maximum Gasteiger partial charge on any atom is 0.251 e. The third-order valence-corrected chi connectivity index (χ3v) is 9.08. The van der Waals surface area contributed by atoms with Crippen LogP contribution in [0.25, 0.3) is 20.8 Å². The summed E-state index contributed by atoms with van der Waals surface area (Å²) in [4.78, 5) is 36.8. The van der Waals surface area contributed by atoms with Crippen LogP contribution in [0, 0.1) is 6.92 Å². The highest BCUT2D eigenvalue weighted by Gasteiger charge is 2.43. The van der Waals surface area contributed by atoms with Crippen molar-refractivity contribution in [3.8, 4) is 10.6 Å². The second kappa shape index (κ2) is 10.4. The standard InChI is InChI=1S/C29H32N8O2S/c1-3-36-14-22-11-21(36)15-37(22)29-31-17(2)9-26(35-29)34-25-12-23-24(13-30-25)40-28(33-23)19-6-4-5-18(10-19)27(38)32-20-7-8-39-16-20/h4-6,9-10,12-13,20-22H,3,7-8,11,14-16H2,1-2H3,(H,32,38)(H,30,31,34,35)/t20?,21-,22-/m0/s1. The first kappa shape index (κ1) is 25.3. The van der Waals surface area contributed by atoms with Gasteiger partial charge in [0.15, 0.2) is 0 Å². The minimum Gasteiger partial charge on any atom is -0.379 e. The number of rotatable bonds is 7. The number of carbonyl (C=O) groups excluding carboxylic acids is 1. The van der Waals surface area contributed by atoms with Gasteiger partial charge in [-0.3, -0.25) is 9.69 Å². The molecule has 1 aromatic carbocycles. The van der Waals surface area contributed by atoms with Crippen LogP contribution >= 0.6 is 11.3 Å². The van der Waals surface area contributed by atoms with Crippen molar-refractivity contribution in [2.75, 3.05) is 43.1 Å². The van der Waals surface area contributed by atoms with E-state index in [1.807, 2.05) is 49.5 Å². The Bertz CT molecular complexity index is 1570. The van der Waals surface area contributed by atoms with Crippen LogP contribution in [0.4, 0.5) is 17.6 Å². The van der Waals surface area contributed by atoms with Crippen molar-refractivity contribution in [3.05, 3.63) is 53.9 Å². The Labute approximate surface area is 236 Å². The first-order chi connectivity index (χ1) is 19.5. The zero-order valence-corrected chi connectivity index (χ0v) is 23.4. The molecule has 0 spiro atoms. The number of aryl methyl sites for hydroxylation is 1. The Morgan fingerprint density at radius 3 is 2.85 bits per heavy atom. The maximum absolute atomic E-state index is 12.8. The monoisotopic (exact) mass is 556 g/mol. The van der Waals surface area contributed by atoms with Gasteiger partial charge in [-0.25, -0.2) is 15.0 Å². The summed E-state index contributed by atoms with van der Waals surface area (Å²) in [6, 6.07) is 12.6. The predicted molar refractivity (Wildman–Crippen MR) is 156 cm³/mol. The highest BCUT2D eigenvalue weighted by molar-refractivity contribution is 7.21. The molecule has 2 bridgehead atoms. The van der Waals surface area contributed by atoms with Gasteiger partial charge in [0, 0.05) is 66.9 Å². The number of pyridine rings is 1. The molecule has 2 N–H and O–H groups in total. The number of anilines is 3. The highest BCUT2D eigenvalue weighted by Crippen LogP contribution is 2.34. The number of fused-ring (bicyclic) bond motifs is 3. The van der Waals surface area contributed by atoms with Crippen molar-refractivity contribution < 1.29 is 9.53 Å². The van der Waals surface area contributed by atoms with Gasteiger partial charge in [0.1, 0.15) is 16.6 Å². The number of ether oxygens (including phenoxy) is 1. The summed E-state index contributed by atoms with van der Waals surface area (Å²) < 4.78 is 6.35. The lowest BCUT2D eigenvalue weighted by atomic mass is 10.1. The zero-order valence-electron chi connectivity index (χ0n) is 22.6. The number of likely N-dealkylation sites (N-methyl/N-ethyl adjacent to an activating group) is 1. The minimum atomic E-state index is -0.0874. The minimum absolute atomic E-state index is 0.0715. The molecule has 4 aromatic rings. The smallest absolute Gasteiger partial charge is 0.251 e. The fraction of sp³-hybridized carbons (Fsp3) is 0.414. The third kappa shape index (κ3) is 4.89. The van der Waals surface area contributed by atoms with Crippen LogP contribution in [0.1, 0.15) is 35.8 Å². The van der Waals surface area contributed by atoms with Crippen molar-refractivity contribution in [3.63, 3.8) is 0 Å². The van der Waals surface area contributed by atoms with Gasteiger partial charge in [0.25, 0.3) is 5.91 Å². The topological polar surface area (TPSA) is 108 Å². The van der Waals surface area contributed by atoms with Gasteiger partial charge in [-0.15, -0.1) is 11.3 Å². The second-order valence-corrected chi connectivity index (χ2v) is 11.8. The molecule has 40 heavy (non-hydrogen) atoms. The Hall–Kier alpha value is -3.67. The number of hydrogen-bond donors (Lipinski definition) is 2. The molecule has 3 fully saturated rings. The first-order valence-corrected chi connectivity index (χ1v) is 14.7. The lowest BCUT2D eigenvalue weighted by Gasteiger charge is -2.33. The second-order valence-electron chi connectivity index (χ2n) is 10.8. The number of carbonyl (C=O) groups is 1. The first-order valence-electron chi connectivity index (χ1n) is 13.9. The summed E-state index contributed by atoms with van der Waals surface area (Å²) in [6.07, 6.45) is 3.87. The van der Waals surface area contributed by atoms with E-state index < -0.39 is 0 Å². The Morgan fingerprint density at radius 1 is 1.12 bits per heavy atom. The number of thiazole rings is 1. The lowest BCUT2D eigenvalue weighted by molar-refractivity contribution is 0.0930. The Kier molecular flexibility index (Phi) is 6.57. The molecule has 11 heteroatoms. The van der Waals surface area contributed by atoms with Crippen LogP contribution in [0.2, 0.25) is 0 Å². The van der Waals surface area contributed by atoms with E-state index in [1.54, 1.807) is 11.3 Å². The van der Waals surface area contributed by atoms with Crippen molar-refractivity contribution >= 4 is 45.0 Å². The molecule has 6 heterocycles. The molecule has 3 atom stereocenters. The van der Waals surface area contributed by atoms with Crippen LogP contribution in [0.5, 0.6) is 0 Å². The molecule has 1 unspecified atom stereocenters. The molecule has 0 saturated carbocycles. The summed E-state index contributed by atoms with van der Waals surface area (Å²) in [5.41, 5.74) is 3.29. The Balaban J connectivity index is 1.09. The summed E-state index contributed by atoms with van der Waals surface area (Å²) in [5, 5.41) is 7.27. The quantitative estimate of drug-likeness (QED) is 0.349. The SMILES string of the molecule is CCN1C[C@@H]2C[C@H]1CN2c1nc(C)cc(Nc2cc3nc(-c4cccc(C(=O)NC5CCOC5)c4)sc3cn2)n1. The lowest BCUT2D eigenvalue weighted by Crippen LogP contribution is -2.46. The number of hydrogen-bond acceptors (Lipinski definition) is 10. The largest absolute Gasteiger partial charge is 0.379 e. The molecule has 7 rings (SSSR count). The average molecular weight is 557 g/mol. The summed E-state index contributed by atoms with van der Waals surface area (Å²) in [5.74, 6) is 2.11. The van der Waals surface area contributed by atoms with E-state index in [1.165, 1.54) is 6.42 Å². The predicted octanol–water partition coefficient (Wildman–Crippen LogP) is 4.00. The van der Waals surface area contributed by atoms with Crippen molar-refractivity contribution in [2.24, 2.45) is 0 Å². The number of benzene rings is 1. The van der Waals surface area contributed by atoms with Crippen molar-refractivity contribution in [2.45, 2.75) is 44.8 Å². The molecule has 206 valence electrons. The highest BCUT2D eigenvalue weighted by atomic mass is 32.1. The van der Waals surface area contributed by atoms with Crippen LogP contribution < -0.4 is 15.5 Å². The fourth-order valence-electron chi connectivity index (χ4n) is 6.00. The van der Waals surface area contributed by atoms with Crippen LogP contribution in [-0.4, -0.2) is 81.7 Å². The number of aromatic nitrogens is 4. The van der Waals surface area contributed by atoms with Gasteiger partial charge in [-0.2, -0.15) is 4.98 Å². The average Bonchev–Trinajstić information content (AvgIpc) is 3.77. The number of nitrogens with zero attached hydrogens (tertiary/aromatic N) is 6. The molecule has 0 aliphatic carbocycles. The van der Waals surface area contributed by atoms with E-state index in [0.717, 1.165) is 64.3 Å². The van der Waals surface area contributed by atoms with Crippen LogP contribution in [0.3, 0.4) is 0 Å². The van der Waals surface area contributed by atoms with E-state index in [-0.39, 0.29) is 11.9 Å². The molecular weight excluding hydrogens is 524 g/mol. The van der Waals surface area contributed by atoms with Gasteiger partial charge in [-0.1, -0.05) is 19.1 Å². The molecule has 1 amide bonds. The number of piperazine rings is 1. The Morgan fingerprint density at radius 2 is 2.05 bits per heavy atom. The molecule has 3 saturated heterocycles. The summed E-state index contributed by atoms with van der Waals surface area (Å²) >= 11 is 1.56. The molecule has 0 radical (unpaired) electrons. The molecule has 10 nitrogen and oxygen atoms in total. The van der Waals surface area contributed by atoms with Gasteiger partial charge in [-0.05, 0) is 38.4 Å². The fourth-order valence-corrected chi connectivity index (χ4v) is 6.91. The van der Waals surface area contributed by atoms with Crippen LogP contribution in [0.15, 0.2) is 42.6 Å². The number of likely N-dealkylation sites (tertiary alicyclic amines) is 1. The van der Waals surface area contributed by atoms with E-state index in [2.05, 4.69) is 32.3 Å². The van der Waals surface area contributed by atoms with E-state index >= 15 is 0 Å². The maximum atomic E-state index is 12.8. The molecule has 3 aliphatic rings. The third-order valence-electron chi connectivity index (χ3n) is 8.03. The summed E-state index contributed by atoms with van der Waals surface area (Å²) in [6.45, 7) is 8.65. The van der Waals surface area contributed by atoms with Gasteiger partial charge in [0.05, 0.1) is 22.9 Å². The van der Waals surface area contributed by atoms with Gasteiger partial charge >= 0.3 is 0 Å². The van der Waals surface area contributed by atoms with E-state index in [9.17, 15) is 4.79 Å².